The van der Waals surface area contributed by atoms with Crippen molar-refractivity contribution < 1.29 is 14.3 Å². The van der Waals surface area contributed by atoms with Crippen LogP contribution in [0.3, 0.4) is 0 Å². The van der Waals surface area contributed by atoms with Gasteiger partial charge in [-0.15, -0.1) is 0 Å². The third kappa shape index (κ3) is 3.96. The lowest BCUT2D eigenvalue weighted by Gasteiger charge is -2.36. The lowest BCUT2D eigenvalue weighted by atomic mass is 10.1. The Hall–Kier alpha value is -3.81. The smallest absolute Gasteiger partial charge is 0.254 e. The monoisotopic (exact) mass is 418 g/mol. The molecule has 8 nitrogen and oxygen atoms in total. The molecule has 0 N–H and O–H groups in total. The van der Waals surface area contributed by atoms with E-state index in [-0.39, 0.29) is 24.8 Å². The van der Waals surface area contributed by atoms with Crippen molar-refractivity contribution in [2.24, 2.45) is 0 Å². The maximum absolute atomic E-state index is 12.7. The van der Waals surface area contributed by atoms with Gasteiger partial charge in [0.05, 0.1) is 12.0 Å². The Balaban J connectivity index is 1.23. The highest BCUT2D eigenvalue weighted by Crippen LogP contribution is 2.35. The first-order valence-corrected chi connectivity index (χ1v) is 10.2. The lowest BCUT2D eigenvalue weighted by Crippen LogP contribution is -2.50. The highest BCUT2D eigenvalue weighted by atomic mass is 16.7. The molecule has 2 aromatic carbocycles. The van der Waals surface area contributed by atoms with Crippen LogP contribution in [0.4, 0.5) is 5.69 Å². The molecule has 2 aliphatic heterocycles. The van der Waals surface area contributed by atoms with Crippen molar-refractivity contribution in [1.82, 2.24) is 14.5 Å². The number of hydrogen-bond acceptors (Lipinski definition) is 6. The summed E-state index contributed by atoms with van der Waals surface area (Å²) in [6.45, 7) is 2.97. The zero-order chi connectivity index (χ0) is 21.2. The number of ether oxygens (including phenoxy) is 2. The van der Waals surface area contributed by atoms with Gasteiger partial charge in [0.15, 0.2) is 11.5 Å². The van der Waals surface area contributed by atoms with Crippen molar-refractivity contribution in [3.05, 3.63) is 71.3 Å². The van der Waals surface area contributed by atoms with Crippen LogP contribution < -0.4 is 19.9 Å². The van der Waals surface area contributed by atoms with E-state index in [4.69, 9.17) is 9.47 Å². The van der Waals surface area contributed by atoms with E-state index in [1.165, 1.54) is 17.0 Å². The number of hydrogen-bond donors (Lipinski definition) is 0. The molecule has 3 aromatic rings. The molecule has 0 aliphatic carbocycles. The van der Waals surface area contributed by atoms with Gasteiger partial charge >= 0.3 is 0 Å². The summed E-state index contributed by atoms with van der Waals surface area (Å²) in [4.78, 5) is 33.8. The molecule has 0 bridgehead atoms. The summed E-state index contributed by atoms with van der Waals surface area (Å²) in [5, 5.41) is 0. The molecule has 0 spiro atoms. The molecule has 0 atom stereocenters. The third-order valence-corrected chi connectivity index (χ3v) is 5.61. The van der Waals surface area contributed by atoms with Gasteiger partial charge < -0.3 is 19.3 Å². The summed E-state index contributed by atoms with van der Waals surface area (Å²) >= 11 is 0. The summed E-state index contributed by atoms with van der Waals surface area (Å²) in [5.74, 6) is 1.23. The predicted molar refractivity (Wildman–Crippen MR) is 115 cm³/mol. The Labute approximate surface area is 179 Å². The number of carbonyl (C=O) groups is 1. The molecule has 1 aromatic heterocycles. The van der Waals surface area contributed by atoms with Crippen molar-refractivity contribution >= 4 is 11.6 Å². The Morgan fingerprint density at radius 1 is 0.935 bits per heavy atom. The lowest BCUT2D eigenvalue weighted by molar-refractivity contribution is -0.132. The Morgan fingerprint density at radius 2 is 1.71 bits per heavy atom. The average Bonchev–Trinajstić information content (AvgIpc) is 3.29. The van der Waals surface area contributed by atoms with Crippen LogP contribution in [-0.4, -0.2) is 53.3 Å². The zero-order valence-corrected chi connectivity index (χ0v) is 16.9. The van der Waals surface area contributed by atoms with E-state index in [1.54, 1.807) is 17.0 Å². The molecule has 0 radical (unpaired) electrons. The van der Waals surface area contributed by atoms with Crippen LogP contribution in [0, 0.1) is 0 Å². The van der Waals surface area contributed by atoms with Crippen molar-refractivity contribution in [1.29, 1.82) is 0 Å². The Kier molecular flexibility index (Phi) is 5.03. The van der Waals surface area contributed by atoms with Gasteiger partial charge in [-0.2, -0.15) is 0 Å². The second-order valence-electron chi connectivity index (χ2n) is 7.51. The van der Waals surface area contributed by atoms with Crippen LogP contribution in [0.15, 0.2) is 65.7 Å². The van der Waals surface area contributed by atoms with E-state index in [0.29, 0.717) is 30.3 Å². The number of para-hydroxylation sites is 1. The first-order chi connectivity index (χ1) is 15.2. The van der Waals surface area contributed by atoms with E-state index in [2.05, 4.69) is 22.0 Å². The zero-order valence-electron chi connectivity index (χ0n) is 16.9. The summed E-state index contributed by atoms with van der Waals surface area (Å²) in [6.07, 6.45) is 1.43. The van der Waals surface area contributed by atoms with Crippen molar-refractivity contribution in [3.8, 4) is 22.8 Å². The number of amides is 1. The molecule has 1 saturated heterocycles. The predicted octanol–water partition coefficient (Wildman–Crippen LogP) is 1.99. The number of benzene rings is 2. The van der Waals surface area contributed by atoms with Gasteiger partial charge in [-0.05, 0) is 30.3 Å². The highest BCUT2D eigenvalue weighted by molar-refractivity contribution is 5.76. The molecule has 2 aliphatic rings. The van der Waals surface area contributed by atoms with Gasteiger partial charge in [0, 0.05) is 43.5 Å². The molecular formula is C23H22N4O4. The molecule has 3 heterocycles. The standard InChI is InChI=1S/C23H22N4O4/c28-22-13-19(17-6-7-20-21(12-17)31-16-30-20)24-15-27(22)14-23(29)26-10-8-25(9-11-26)18-4-2-1-3-5-18/h1-7,12-13,15H,8-11,14,16H2. The van der Waals surface area contributed by atoms with Crippen LogP contribution >= 0.6 is 0 Å². The summed E-state index contributed by atoms with van der Waals surface area (Å²) < 4.78 is 12.0. The maximum atomic E-state index is 12.7. The minimum absolute atomic E-state index is 0.0153. The number of nitrogens with zero attached hydrogens (tertiary/aromatic N) is 4. The van der Waals surface area contributed by atoms with Gasteiger partial charge in [0.25, 0.3) is 5.56 Å². The minimum Gasteiger partial charge on any atom is -0.454 e. The van der Waals surface area contributed by atoms with Gasteiger partial charge in [0.1, 0.15) is 6.54 Å². The summed E-state index contributed by atoms with van der Waals surface area (Å²) in [6, 6.07) is 17.0. The average molecular weight is 418 g/mol. The number of aromatic nitrogens is 2. The normalized spacial score (nSPS) is 15.2. The molecule has 1 amide bonds. The molecule has 158 valence electrons. The van der Waals surface area contributed by atoms with Crippen molar-refractivity contribution in [3.63, 3.8) is 0 Å². The number of fused-ring (bicyclic) bond motifs is 1. The Morgan fingerprint density at radius 3 is 2.48 bits per heavy atom. The van der Waals surface area contributed by atoms with Crippen molar-refractivity contribution in [2.75, 3.05) is 37.9 Å². The SMILES string of the molecule is O=C(Cn1cnc(-c2ccc3c(c2)OCO3)cc1=O)N1CCN(c2ccccc2)CC1. The maximum Gasteiger partial charge on any atom is 0.254 e. The number of piperazine rings is 1. The first kappa shape index (κ1) is 19.2. The fourth-order valence-corrected chi connectivity index (χ4v) is 3.86. The fourth-order valence-electron chi connectivity index (χ4n) is 3.86. The van der Waals surface area contributed by atoms with Crippen LogP contribution in [-0.2, 0) is 11.3 Å². The van der Waals surface area contributed by atoms with Gasteiger partial charge in [-0.1, -0.05) is 18.2 Å². The quantitative estimate of drug-likeness (QED) is 0.645. The molecule has 8 heteroatoms. The molecule has 5 rings (SSSR count). The molecule has 1 fully saturated rings. The van der Waals surface area contributed by atoms with E-state index in [9.17, 15) is 9.59 Å². The second kappa shape index (κ2) is 8.14. The van der Waals surface area contributed by atoms with Crippen molar-refractivity contribution in [2.45, 2.75) is 6.54 Å². The molecule has 0 unspecified atom stereocenters. The topological polar surface area (TPSA) is 76.9 Å². The second-order valence-corrected chi connectivity index (χ2v) is 7.51. The van der Waals surface area contributed by atoms with E-state index >= 15 is 0 Å². The Bertz CT molecular complexity index is 1150. The highest BCUT2D eigenvalue weighted by Gasteiger charge is 2.22. The van der Waals surface area contributed by atoms with Crippen LogP contribution in [0.5, 0.6) is 11.5 Å². The van der Waals surface area contributed by atoms with Crippen LogP contribution in [0.1, 0.15) is 0 Å². The van der Waals surface area contributed by atoms with Gasteiger partial charge in [-0.3, -0.25) is 14.2 Å². The molecular weight excluding hydrogens is 396 g/mol. The van der Waals surface area contributed by atoms with Crippen LogP contribution in [0.2, 0.25) is 0 Å². The molecule has 0 saturated carbocycles. The number of rotatable bonds is 4. The largest absolute Gasteiger partial charge is 0.454 e. The summed E-state index contributed by atoms with van der Waals surface area (Å²) in [7, 11) is 0. The molecule has 31 heavy (non-hydrogen) atoms. The summed E-state index contributed by atoms with van der Waals surface area (Å²) in [5.41, 5.74) is 2.19. The third-order valence-electron chi connectivity index (χ3n) is 5.61. The minimum atomic E-state index is -0.265. The van der Waals surface area contributed by atoms with Gasteiger partial charge in [0.2, 0.25) is 12.7 Å². The van der Waals surface area contributed by atoms with E-state index < -0.39 is 0 Å². The van der Waals surface area contributed by atoms with Gasteiger partial charge in [-0.25, -0.2) is 4.98 Å². The number of anilines is 1. The van der Waals surface area contributed by atoms with E-state index in [1.807, 2.05) is 24.3 Å². The first-order valence-electron chi connectivity index (χ1n) is 10.2. The fraction of sp³-hybridized carbons (Fsp3) is 0.261. The number of carbonyl (C=O) groups excluding carboxylic acids is 1. The van der Waals surface area contributed by atoms with Crippen LogP contribution in [0.25, 0.3) is 11.3 Å². The van der Waals surface area contributed by atoms with E-state index in [0.717, 1.165) is 24.3 Å².